The van der Waals surface area contributed by atoms with Crippen LogP contribution in [-0.4, -0.2) is 32.7 Å². The minimum atomic E-state index is -4.73. The van der Waals surface area contributed by atoms with E-state index in [0.717, 1.165) is 27.8 Å². The number of esters is 1. The Kier molecular flexibility index (Phi) is 6.64. The molecule has 0 aliphatic rings. The van der Waals surface area contributed by atoms with Crippen LogP contribution in [0.2, 0.25) is 0 Å². The summed E-state index contributed by atoms with van der Waals surface area (Å²) in [6, 6.07) is 10.8. The fourth-order valence-electron chi connectivity index (χ4n) is 1.83. The molecule has 0 heterocycles. The van der Waals surface area contributed by atoms with Gasteiger partial charge in [0.15, 0.2) is 6.61 Å². The fourth-order valence-corrected chi connectivity index (χ4v) is 2.91. The zero-order valence-corrected chi connectivity index (χ0v) is 16.0. The van der Waals surface area contributed by atoms with Crippen molar-refractivity contribution in [1.82, 2.24) is 0 Å². The molecule has 1 amide bonds. The summed E-state index contributed by atoms with van der Waals surface area (Å²) in [4.78, 5) is 23.0. The van der Waals surface area contributed by atoms with E-state index in [-0.39, 0.29) is 5.56 Å². The number of anilines is 1. The molecule has 138 valence electrons. The van der Waals surface area contributed by atoms with Gasteiger partial charge in [0, 0.05) is 9.26 Å². The van der Waals surface area contributed by atoms with Gasteiger partial charge >= 0.3 is 11.7 Å². The molecule has 2 aromatic carbocycles. The molecule has 2 rings (SSSR count). The second kappa shape index (κ2) is 8.54. The Morgan fingerprint density at radius 2 is 1.62 bits per heavy atom. The number of ether oxygens (including phenoxy) is 1. The number of carbonyl (C=O) groups excluding carboxylic acids is 2. The average molecular weight is 495 g/mol. The van der Waals surface area contributed by atoms with Crippen molar-refractivity contribution in [2.45, 2.75) is 10.7 Å². The average Bonchev–Trinajstić information content (AvgIpc) is 2.61. The molecule has 0 aromatic heterocycles. The lowest BCUT2D eigenvalue weighted by Crippen LogP contribution is -2.21. The lowest BCUT2D eigenvalue weighted by atomic mass is 10.2. The van der Waals surface area contributed by atoms with E-state index in [1.165, 1.54) is 0 Å². The predicted molar refractivity (Wildman–Crippen MR) is 97.7 cm³/mol. The Labute approximate surface area is 161 Å². The van der Waals surface area contributed by atoms with Crippen molar-refractivity contribution in [1.29, 1.82) is 0 Å². The van der Waals surface area contributed by atoms with Gasteiger partial charge in [-0.15, -0.1) is 0 Å². The summed E-state index contributed by atoms with van der Waals surface area (Å²) in [5, 5.41) is 2.54. The lowest BCUT2D eigenvalue weighted by Gasteiger charge is -2.07. The maximum Gasteiger partial charge on any atom is 0.341 e. The van der Waals surface area contributed by atoms with Gasteiger partial charge in [-0.3, -0.25) is 4.79 Å². The zero-order chi connectivity index (χ0) is 19.3. The van der Waals surface area contributed by atoms with E-state index < -0.39 is 39.0 Å². The van der Waals surface area contributed by atoms with Gasteiger partial charge < -0.3 is 10.1 Å². The second-order valence-electron chi connectivity index (χ2n) is 4.96. The molecular weight excluding hydrogens is 483 g/mol. The summed E-state index contributed by atoms with van der Waals surface area (Å²) in [5.74, 6) is -4.99. The topological polar surface area (TPSA) is 89.5 Å². The highest BCUT2D eigenvalue weighted by Crippen LogP contribution is 2.19. The normalized spacial score (nSPS) is 11.2. The maximum atomic E-state index is 12.4. The van der Waals surface area contributed by atoms with Gasteiger partial charge in [0.05, 0.1) is 10.5 Å². The van der Waals surface area contributed by atoms with E-state index in [1.54, 1.807) is 24.3 Å². The Bertz CT molecular complexity index is 899. The number of alkyl halides is 2. The van der Waals surface area contributed by atoms with Crippen molar-refractivity contribution < 1.29 is 31.5 Å². The van der Waals surface area contributed by atoms with Crippen LogP contribution in [0.1, 0.15) is 10.4 Å². The summed E-state index contributed by atoms with van der Waals surface area (Å²) in [6.07, 6.45) is 0. The lowest BCUT2D eigenvalue weighted by molar-refractivity contribution is -0.119. The number of hydrogen-bond acceptors (Lipinski definition) is 5. The molecule has 0 saturated carbocycles. The van der Waals surface area contributed by atoms with E-state index in [1.807, 2.05) is 0 Å². The number of carbonyl (C=O) groups is 2. The van der Waals surface area contributed by atoms with Crippen LogP contribution in [0.15, 0.2) is 53.4 Å². The van der Waals surface area contributed by atoms with Gasteiger partial charge in [-0.25, -0.2) is 13.2 Å². The highest BCUT2D eigenvalue weighted by molar-refractivity contribution is 14.1. The number of halogens is 3. The molecule has 0 radical (unpaired) electrons. The summed E-state index contributed by atoms with van der Waals surface area (Å²) >= 11 is 2.11. The largest absolute Gasteiger partial charge is 0.452 e. The minimum Gasteiger partial charge on any atom is -0.452 e. The molecule has 0 atom stereocenters. The van der Waals surface area contributed by atoms with Crippen molar-refractivity contribution in [2.24, 2.45) is 0 Å². The first kappa shape index (κ1) is 20.2. The first-order valence-corrected chi connectivity index (χ1v) is 9.67. The van der Waals surface area contributed by atoms with Crippen molar-refractivity contribution >= 4 is 50.0 Å². The molecule has 0 fully saturated rings. The van der Waals surface area contributed by atoms with Crippen LogP contribution < -0.4 is 5.32 Å². The van der Waals surface area contributed by atoms with E-state index >= 15 is 0 Å². The molecule has 0 aliphatic heterocycles. The van der Waals surface area contributed by atoms with Crippen LogP contribution in [0, 0.1) is 3.57 Å². The van der Waals surface area contributed by atoms with Gasteiger partial charge in [-0.05, 0) is 71.1 Å². The number of amides is 1. The number of nitrogens with one attached hydrogen (secondary N) is 1. The minimum absolute atomic E-state index is 0.0692. The van der Waals surface area contributed by atoms with Crippen LogP contribution >= 0.6 is 22.6 Å². The van der Waals surface area contributed by atoms with Crippen molar-refractivity contribution in [3.05, 3.63) is 57.7 Å². The summed E-state index contributed by atoms with van der Waals surface area (Å²) < 4.78 is 53.3. The molecular formula is C16H12F2INO5S. The molecule has 1 N–H and O–H groups in total. The first-order valence-electron chi connectivity index (χ1n) is 7.05. The Morgan fingerprint density at radius 3 is 2.15 bits per heavy atom. The van der Waals surface area contributed by atoms with E-state index in [2.05, 4.69) is 27.9 Å². The van der Waals surface area contributed by atoms with Crippen LogP contribution in [0.5, 0.6) is 0 Å². The maximum absolute atomic E-state index is 12.4. The number of hydrogen-bond donors (Lipinski definition) is 1. The molecule has 0 saturated heterocycles. The monoisotopic (exact) mass is 495 g/mol. The molecule has 0 bridgehead atoms. The van der Waals surface area contributed by atoms with Crippen molar-refractivity contribution in [2.75, 3.05) is 11.9 Å². The van der Waals surface area contributed by atoms with E-state index in [9.17, 15) is 26.8 Å². The van der Waals surface area contributed by atoms with Crippen molar-refractivity contribution in [3.63, 3.8) is 0 Å². The number of benzene rings is 2. The second-order valence-corrected chi connectivity index (χ2v) is 8.12. The van der Waals surface area contributed by atoms with Crippen LogP contribution in [-0.2, 0) is 19.4 Å². The van der Waals surface area contributed by atoms with Gasteiger partial charge in [0.2, 0.25) is 9.84 Å². The van der Waals surface area contributed by atoms with Gasteiger partial charge in [0.1, 0.15) is 0 Å². The van der Waals surface area contributed by atoms with E-state index in [4.69, 9.17) is 4.74 Å². The third-order valence-electron chi connectivity index (χ3n) is 3.12. The fraction of sp³-hybridized carbons (Fsp3) is 0.125. The highest BCUT2D eigenvalue weighted by atomic mass is 127. The van der Waals surface area contributed by atoms with Crippen LogP contribution in [0.4, 0.5) is 14.5 Å². The molecule has 26 heavy (non-hydrogen) atoms. The van der Waals surface area contributed by atoms with Gasteiger partial charge in [0.25, 0.3) is 5.91 Å². The Hall–Kier alpha value is -2.08. The van der Waals surface area contributed by atoms with E-state index in [0.29, 0.717) is 5.69 Å². The third-order valence-corrected chi connectivity index (χ3v) is 5.23. The summed E-state index contributed by atoms with van der Waals surface area (Å²) in [6.45, 7) is -0.554. The summed E-state index contributed by atoms with van der Waals surface area (Å²) in [7, 11) is -4.73. The summed E-state index contributed by atoms with van der Waals surface area (Å²) in [5.41, 5.74) is 0.466. The zero-order valence-electron chi connectivity index (χ0n) is 13.0. The van der Waals surface area contributed by atoms with Gasteiger partial charge in [-0.1, -0.05) is 0 Å². The smallest absolute Gasteiger partial charge is 0.341 e. The molecule has 2 aromatic rings. The van der Waals surface area contributed by atoms with Crippen LogP contribution in [0.25, 0.3) is 0 Å². The third kappa shape index (κ3) is 5.21. The van der Waals surface area contributed by atoms with Crippen molar-refractivity contribution in [3.8, 4) is 0 Å². The molecule has 10 heteroatoms. The Morgan fingerprint density at radius 1 is 1.04 bits per heavy atom. The molecule has 0 unspecified atom stereocenters. The number of sulfone groups is 1. The standard InChI is InChI=1S/C16H12F2INO5S/c17-16(18)26(23,24)13-7-1-10(2-8-13)15(22)25-9-14(21)20-12-5-3-11(19)4-6-12/h1-8,16H,9H2,(H,20,21). The molecule has 0 aliphatic carbocycles. The Balaban J connectivity index is 1.93. The predicted octanol–water partition coefficient (Wildman–Crippen LogP) is 3.08. The quantitative estimate of drug-likeness (QED) is 0.492. The molecule has 6 nitrogen and oxygen atoms in total. The SMILES string of the molecule is O=C(COC(=O)c1ccc(S(=O)(=O)C(F)F)cc1)Nc1ccc(I)cc1. The first-order chi connectivity index (χ1) is 12.2. The van der Waals surface area contributed by atoms with Gasteiger partial charge in [-0.2, -0.15) is 8.78 Å². The van der Waals surface area contributed by atoms with Crippen LogP contribution in [0.3, 0.4) is 0 Å². The molecule has 0 spiro atoms. The number of rotatable bonds is 6. The highest BCUT2D eigenvalue weighted by Gasteiger charge is 2.26.